The fraction of sp³-hybridized carbons (Fsp3) is 0.455. The second-order valence-electron chi connectivity index (χ2n) is 6.93. The normalized spacial score (nSPS) is 12.9. The Hall–Kier alpha value is -3.80. The van der Waals surface area contributed by atoms with Crippen molar-refractivity contribution in [2.24, 2.45) is 0 Å². The van der Waals surface area contributed by atoms with Crippen LogP contribution in [0.25, 0.3) is 0 Å². The minimum Gasteiger partial charge on any atom is -0.493 e. The van der Waals surface area contributed by atoms with E-state index in [1.54, 1.807) is 12.1 Å². The van der Waals surface area contributed by atoms with E-state index in [1.165, 1.54) is 32.3 Å². The molecule has 0 unspecified atom stereocenters. The van der Waals surface area contributed by atoms with Gasteiger partial charge in [-0.15, -0.1) is 0 Å². The number of benzene rings is 1. The van der Waals surface area contributed by atoms with E-state index >= 15 is 0 Å². The average Bonchev–Trinajstić information content (AvgIpc) is 3.14. The number of hydrogen-bond donors (Lipinski definition) is 2. The summed E-state index contributed by atoms with van der Waals surface area (Å²) in [4.78, 5) is 49.1. The number of carbonyl (C=O) groups excluding carboxylic acids is 4. The molecule has 0 spiro atoms. The highest BCUT2D eigenvalue weighted by Gasteiger charge is 2.35. The van der Waals surface area contributed by atoms with Gasteiger partial charge in [-0.3, -0.25) is 14.4 Å². The fourth-order valence-electron chi connectivity index (χ4n) is 3.01. The molecule has 0 saturated heterocycles. The smallest absolute Gasteiger partial charge is 0.337 e. The van der Waals surface area contributed by atoms with E-state index in [1.807, 2.05) is 0 Å². The largest absolute Gasteiger partial charge is 0.493 e. The van der Waals surface area contributed by atoms with Crippen LogP contribution in [0.2, 0.25) is 0 Å². The van der Waals surface area contributed by atoms with Crippen LogP contribution >= 0.6 is 0 Å². The number of ether oxygens (including phenoxy) is 5. The van der Waals surface area contributed by atoms with Crippen LogP contribution < -0.4 is 14.8 Å². The predicted octanol–water partition coefficient (Wildman–Crippen LogP) is 0.244. The standard InChI is InChI=1S/C22H28N2O10/c1-30-18(26)6-10-33-14-4-5-17(34-11-7-19(27)31-2)16(12-14)23-20-15(22(29)32-3)13-24(8-9-25)21(20)28/h4-5,12,23,25H,6-11,13H2,1-3H3. The van der Waals surface area contributed by atoms with Gasteiger partial charge in [-0.25, -0.2) is 4.79 Å². The third-order valence-corrected chi connectivity index (χ3v) is 4.76. The number of anilines is 1. The zero-order chi connectivity index (χ0) is 25.1. The molecule has 186 valence electrons. The summed E-state index contributed by atoms with van der Waals surface area (Å²) in [6.07, 6.45) is 0.0233. The Morgan fingerprint density at radius 2 is 1.65 bits per heavy atom. The molecule has 1 aromatic rings. The summed E-state index contributed by atoms with van der Waals surface area (Å²) in [5.74, 6) is -1.48. The Morgan fingerprint density at radius 3 is 2.24 bits per heavy atom. The first-order valence-corrected chi connectivity index (χ1v) is 10.4. The summed E-state index contributed by atoms with van der Waals surface area (Å²) in [5, 5.41) is 12.1. The van der Waals surface area contributed by atoms with Gasteiger partial charge in [-0.1, -0.05) is 0 Å². The van der Waals surface area contributed by atoms with E-state index in [0.29, 0.717) is 5.75 Å². The van der Waals surface area contributed by atoms with Gasteiger partial charge < -0.3 is 39.0 Å². The van der Waals surface area contributed by atoms with Crippen LogP contribution in [0.1, 0.15) is 12.8 Å². The first kappa shape index (κ1) is 26.5. The number of carbonyl (C=O) groups is 4. The van der Waals surface area contributed by atoms with Crippen molar-refractivity contribution in [3.8, 4) is 11.5 Å². The molecule has 1 aliphatic rings. The quantitative estimate of drug-likeness (QED) is 0.295. The molecule has 1 aromatic carbocycles. The number of hydrogen-bond acceptors (Lipinski definition) is 11. The molecule has 2 rings (SSSR count). The van der Waals surface area contributed by atoms with Crippen LogP contribution in [0, 0.1) is 0 Å². The maximum atomic E-state index is 12.9. The molecule has 34 heavy (non-hydrogen) atoms. The maximum absolute atomic E-state index is 12.9. The molecule has 12 nitrogen and oxygen atoms in total. The number of rotatable bonds is 13. The summed E-state index contributed by atoms with van der Waals surface area (Å²) >= 11 is 0. The highest BCUT2D eigenvalue weighted by molar-refractivity contribution is 6.08. The topological polar surface area (TPSA) is 150 Å². The van der Waals surface area contributed by atoms with E-state index in [4.69, 9.17) is 14.2 Å². The van der Waals surface area contributed by atoms with Crippen molar-refractivity contribution in [3.63, 3.8) is 0 Å². The van der Waals surface area contributed by atoms with Crippen molar-refractivity contribution >= 4 is 29.5 Å². The monoisotopic (exact) mass is 480 g/mol. The van der Waals surface area contributed by atoms with Gasteiger partial charge in [0.1, 0.15) is 17.2 Å². The van der Waals surface area contributed by atoms with Crippen molar-refractivity contribution in [1.29, 1.82) is 0 Å². The average molecular weight is 480 g/mol. The summed E-state index contributed by atoms with van der Waals surface area (Å²) in [6, 6.07) is 4.66. The van der Waals surface area contributed by atoms with Gasteiger partial charge in [0.2, 0.25) is 0 Å². The van der Waals surface area contributed by atoms with Gasteiger partial charge in [-0.2, -0.15) is 0 Å². The predicted molar refractivity (Wildman–Crippen MR) is 117 cm³/mol. The highest BCUT2D eigenvalue weighted by atomic mass is 16.5. The lowest BCUT2D eigenvalue weighted by Crippen LogP contribution is -2.31. The third kappa shape index (κ3) is 7.10. The van der Waals surface area contributed by atoms with E-state index in [-0.39, 0.29) is 68.5 Å². The van der Waals surface area contributed by atoms with Gasteiger partial charge in [0.15, 0.2) is 0 Å². The van der Waals surface area contributed by atoms with E-state index in [9.17, 15) is 24.3 Å². The van der Waals surface area contributed by atoms with Crippen LogP contribution in [0.5, 0.6) is 11.5 Å². The molecule has 0 aromatic heterocycles. The molecule has 12 heteroatoms. The van der Waals surface area contributed by atoms with E-state index in [0.717, 1.165) is 0 Å². The summed E-state index contributed by atoms with van der Waals surface area (Å²) in [5.41, 5.74) is 0.319. The molecular weight excluding hydrogens is 452 g/mol. The van der Waals surface area contributed by atoms with Crippen molar-refractivity contribution in [2.45, 2.75) is 12.8 Å². The molecule has 0 bridgehead atoms. The molecular formula is C22H28N2O10. The number of nitrogens with one attached hydrogen (secondary N) is 1. The SMILES string of the molecule is COC(=O)CCOc1ccc(OCCC(=O)OC)c(NC2=C(C(=O)OC)CN(CCO)C2=O)c1. The second-order valence-corrected chi connectivity index (χ2v) is 6.93. The summed E-state index contributed by atoms with van der Waals surface area (Å²) < 4.78 is 25.2. The minimum absolute atomic E-state index is 0.00259. The molecule has 1 amide bonds. The molecule has 1 heterocycles. The number of β-amino-alcohol motifs (C(OH)–C–C–N with tert-alkyl or cyclic N) is 1. The second kappa shape index (κ2) is 13.0. The van der Waals surface area contributed by atoms with Gasteiger partial charge in [0.25, 0.3) is 5.91 Å². The molecule has 2 N–H and O–H groups in total. The number of methoxy groups -OCH3 is 3. The minimum atomic E-state index is -0.699. The van der Waals surface area contributed by atoms with Gasteiger partial charge in [-0.05, 0) is 12.1 Å². The fourth-order valence-corrected chi connectivity index (χ4v) is 3.01. The van der Waals surface area contributed by atoms with E-state index in [2.05, 4.69) is 14.8 Å². The Morgan fingerprint density at radius 1 is 1.00 bits per heavy atom. The maximum Gasteiger partial charge on any atom is 0.337 e. The van der Waals surface area contributed by atoms with Crippen molar-refractivity contribution < 1.29 is 48.0 Å². The van der Waals surface area contributed by atoms with Crippen LogP contribution in [-0.4, -0.2) is 88.1 Å². The van der Waals surface area contributed by atoms with Crippen LogP contribution in [0.4, 0.5) is 5.69 Å². The van der Waals surface area contributed by atoms with Gasteiger partial charge in [0.05, 0.1) is 71.8 Å². The van der Waals surface area contributed by atoms with Crippen LogP contribution in [-0.2, 0) is 33.4 Å². The van der Waals surface area contributed by atoms with Gasteiger partial charge >= 0.3 is 17.9 Å². The van der Waals surface area contributed by atoms with E-state index < -0.39 is 23.8 Å². The van der Waals surface area contributed by atoms with Crippen molar-refractivity contribution in [2.75, 3.05) is 59.6 Å². The zero-order valence-electron chi connectivity index (χ0n) is 19.3. The lowest BCUT2D eigenvalue weighted by atomic mass is 10.2. The van der Waals surface area contributed by atoms with Crippen molar-refractivity contribution in [1.82, 2.24) is 4.90 Å². The first-order valence-electron chi connectivity index (χ1n) is 10.4. The molecule has 0 atom stereocenters. The lowest BCUT2D eigenvalue weighted by molar-refractivity contribution is -0.142. The molecule has 0 radical (unpaired) electrons. The third-order valence-electron chi connectivity index (χ3n) is 4.76. The highest BCUT2D eigenvalue weighted by Crippen LogP contribution is 2.33. The number of amides is 1. The Bertz CT molecular complexity index is 944. The summed E-state index contributed by atoms with van der Waals surface area (Å²) in [6.45, 7) is -0.240. The Balaban J connectivity index is 2.32. The van der Waals surface area contributed by atoms with Crippen molar-refractivity contribution in [3.05, 3.63) is 29.5 Å². The zero-order valence-corrected chi connectivity index (χ0v) is 19.3. The number of nitrogens with zero attached hydrogens (tertiary/aromatic N) is 1. The molecule has 0 fully saturated rings. The van der Waals surface area contributed by atoms with Crippen LogP contribution in [0.15, 0.2) is 29.5 Å². The molecule has 1 aliphatic heterocycles. The van der Waals surface area contributed by atoms with Crippen LogP contribution in [0.3, 0.4) is 0 Å². The number of aliphatic hydroxyl groups is 1. The lowest BCUT2D eigenvalue weighted by Gasteiger charge is -2.17. The number of aliphatic hydroxyl groups excluding tert-OH is 1. The Labute approximate surface area is 196 Å². The van der Waals surface area contributed by atoms with Gasteiger partial charge in [0, 0.05) is 12.6 Å². The summed E-state index contributed by atoms with van der Waals surface area (Å²) in [7, 11) is 3.74. The Kier molecular flexibility index (Phi) is 10.1. The first-order chi connectivity index (χ1) is 16.3. The molecule has 0 saturated carbocycles. The number of esters is 3. The molecule has 0 aliphatic carbocycles.